The maximum Gasteiger partial charge on any atom is 0.0513 e. The lowest BCUT2D eigenvalue weighted by molar-refractivity contribution is 0.0380. The van der Waals surface area contributed by atoms with E-state index >= 15 is 0 Å². The molecule has 0 saturated carbocycles. The Hall–Kier alpha value is -0.120. The zero-order chi connectivity index (χ0) is 15.2. The summed E-state index contributed by atoms with van der Waals surface area (Å²) in [5.74, 6) is 2.09. The van der Waals surface area contributed by atoms with Gasteiger partial charge in [0.05, 0.1) is 6.61 Å². The average Bonchev–Trinajstić information content (AvgIpc) is 2.91. The molecule has 1 saturated heterocycles. The molecule has 0 radical (unpaired) electrons. The molecule has 0 amide bonds. The Bertz CT molecular complexity index is 250. The van der Waals surface area contributed by atoms with Crippen LogP contribution in [0.25, 0.3) is 0 Å². The van der Waals surface area contributed by atoms with Gasteiger partial charge in [-0.15, -0.1) is 0 Å². The Morgan fingerprint density at radius 3 is 2.05 bits per heavy atom. The average molecular weight is 284 g/mol. The van der Waals surface area contributed by atoms with Gasteiger partial charge in [0.2, 0.25) is 0 Å². The zero-order valence-electron chi connectivity index (χ0n) is 14.3. The van der Waals surface area contributed by atoms with E-state index < -0.39 is 0 Å². The molecule has 20 heavy (non-hydrogen) atoms. The van der Waals surface area contributed by atoms with Crippen molar-refractivity contribution in [2.75, 3.05) is 32.8 Å². The molecule has 0 aromatic heterocycles. The molecule has 0 spiro atoms. The molecule has 2 N–H and O–H groups in total. The number of ether oxygens (including phenoxy) is 1. The van der Waals surface area contributed by atoms with Crippen LogP contribution in [-0.2, 0) is 4.74 Å². The van der Waals surface area contributed by atoms with Gasteiger partial charge in [0.1, 0.15) is 0 Å². The van der Waals surface area contributed by atoms with Crippen LogP contribution < -0.4 is 5.73 Å². The van der Waals surface area contributed by atoms with Crippen LogP contribution in [0.2, 0.25) is 0 Å². The molecule has 0 bridgehead atoms. The highest BCUT2D eigenvalue weighted by Gasteiger charge is 2.40. The summed E-state index contributed by atoms with van der Waals surface area (Å²) in [6.07, 6.45) is 3.66. The topological polar surface area (TPSA) is 38.5 Å². The first-order chi connectivity index (χ1) is 9.40. The van der Waals surface area contributed by atoms with Crippen LogP contribution in [-0.4, -0.2) is 43.3 Å². The summed E-state index contributed by atoms with van der Waals surface area (Å²) >= 11 is 0. The maximum absolute atomic E-state index is 6.20. The largest absolute Gasteiger partial charge is 0.381 e. The molecular formula is C17H36N2O. The van der Waals surface area contributed by atoms with Gasteiger partial charge in [-0.2, -0.15) is 0 Å². The zero-order valence-corrected chi connectivity index (χ0v) is 14.3. The van der Waals surface area contributed by atoms with E-state index in [0.29, 0.717) is 5.92 Å². The standard InChI is InChI=1S/C17H36N2O/c1-14(2)6-9-19(10-7-15(3)4)17(5,13-18)16-8-11-20-12-16/h14-16H,6-13,18H2,1-5H3. The molecule has 2 atom stereocenters. The number of nitrogens with two attached hydrogens (primary N) is 1. The number of hydrogen-bond acceptors (Lipinski definition) is 3. The van der Waals surface area contributed by atoms with Gasteiger partial charge in [-0.3, -0.25) is 4.90 Å². The predicted molar refractivity (Wildman–Crippen MR) is 86.9 cm³/mol. The minimum Gasteiger partial charge on any atom is -0.381 e. The van der Waals surface area contributed by atoms with E-state index in [2.05, 4.69) is 39.5 Å². The van der Waals surface area contributed by atoms with E-state index in [1.165, 1.54) is 12.8 Å². The lowest BCUT2D eigenvalue weighted by atomic mass is 9.82. The Morgan fingerprint density at radius 1 is 1.15 bits per heavy atom. The van der Waals surface area contributed by atoms with E-state index in [0.717, 1.165) is 51.1 Å². The fourth-order valence-electron chi connectivity index (χ4n) is 3.03. The molecule has 120 valence electrons. The highest BCUT2D eigenvalue weighted by atomic mass is 16.5. The Balaban J connectivity index is 2.74. The molecule has 0 aromatic rings. The SMILES string of the molecule is CC(C)CCN(CCC(C)C)C(C)(CN)C1CCOC1. The molecular weight excluding hydrogens is 248 g/mol. The van der Waals surface area contributed by atoms with Gasteiger partial charge >= 0.3 is 0 Å². The number of hydrogen-bond donors (Lipinski definition) is 1. The van der Waals surface area contributed by atoms with E-state index in [1.54, 1.807) is 0 Å². The van der Waals surface area contributed by atoms with Crippen molar-refractivity contribution in [3.05, 3.63) is 0 Å². The molecule has 1 aliphatic heterocycles. The summed E-state index contributed by atoms with van der Waals surface area (Å²) in [7, 11) is 0. The molecule has 0 aromatic carbocycles. The van der Waals surface area contributed by atoms with Crippen molar-refractivity contribution in [1.82, 2.24) is 4.90 Å². The first-order valence-electron chi connectivity index (χ1n) is 8.43. The van der Waals surface area contributed by atoms with Gasteiger partial charge in [-0.05, 0) is 51.1 Å². The van der Waals surface area contributed by atoms with Gasteiger partial charge < -0.3 is 10.5 Å². The van der Waals surface area contributed by atoms with Crippen LogP contribution in [0.3, 0.4) is 0 Å². The van der Waals surface area contributed by atoms with Crippen molar-refractivity contribution < 1.29 is 4.74 Å². The van der Waals surface area contributed by atoms with Gasteiger partial charge in [0.15, 0.2) is 0 Å². The molecule has 1 heterocycles. The summed E-state index contributed by atoms with van der Waals surface area (Å²) in [6, 6.07) is 0. The molecule has 1 fully saturated rings. The second kappa shape index (κ2) is 8.35. The number of rotatable bonds is 9. The predicted octanol–water partition coefficient (Wildman–Crippen LogP) is 3.13. The van der Waals surface area contributed by atoms with E-state index in [1.807, 2.05) is 0 Å². The van der Waals surface area contributed by atoms with Crippen LogP contribution in [0.5, 0.6) is 0 Å². The van der Waals surface area contributed by atoms with Crippen LogP contribution in [0.15, 0.2) is 0 Å². The van der Waals surface area contributed by atoms with Crippen molar-refractivity contribution in [1.29, 1.82) is 0 Å². The third kappa shape index (κ3) is 5.01. The van der Waals surface area contributed by atoms with Crippen LogP contribution >= 0.6 is 0 Å². The van der Waals surface area contributed by atoms with Crippen molar-refractivity contribution in [2.45, 2.75) is 59.4 Å². The summed E-state index contributed by atoms with van der Waals surface area (Å²) in [6.45, 7) is 16.4. The lowest BCUT2D eigenvalue weighted by Crippen LogP contribution is -2.57. The first kappa shape index (κ1) is 17.9. The fourth-order valence-corrected chi connectivity index (χ4v) is 3.03. The molecule has 3 heteroatoms. The smallest absolute Gasteiger partial charge is 0.0513 e. The fraction of sp³-hybridized carbons (Fsp3) is 1.00. The molecule has 1 rings (SSSR count). The van der Waals surface area contributed by atoms with Gasteiger partial charge in [-0.25, -0.2) is 0 Å². The molecule has 3 nitrogen and oxygen atoms in total. The van der Waals surface area contributed by atoms with Crippen molar-refractivity contribution >= 4 is 0 Å². The van der Waals surface area contributed by atoms with Gasteiger partial charge in [0, 0.05) is 24.6 Å². The van der Waals surface area contributed by atoms with E-state index in [-0.39, 0.29) is 5.54 Å². The molecule has 2 unspecified atom stereocenters. The first-order valence-corrected chi connectivity index (χ1v) is 8.43. The second-order valence-corrected chi connectivity index (χ2v) is 7.47. The summed E-state index contributed by atoms with van der Waals surface area (Å²) < 4.78 is 5.62. The summed E-state index contributed by atoms with van der Waals surface area (Å²) in [4.78, 5) is 2.66. The number of nitrogens with zero attached hydrogens (tertiary/aromatic N) is 1. The normalized spacial score (nSPS) is 22.9. The highest BCUT2D eigenvalue weighted by Crippen LogP contribution is 2.31. The second-order valence-electron chi connectivity index (χ2n) is 7.47. The molecule has 0 aliphatic carbocycles. The van der Waals surface area contributed by atoms with Crippen LogP contribution in [0.1, 0.15) is 53.9 Å². The van der Waals surface area contributed by atoms with E-state index in [4.69, 9.17) is 10.5 Å². The van der Waals surface area contributed by atoms with E-state index in [9.17, 15) is 0 Å². The minimum absolute atomic E-state index is 0.0975. The Labute approximate surface area is 126 Å². The van der Waals surface area contributed by atoms with Gasteiger partial charge in [0.25, 0.3) is 0 Å². The summed E-state index contributed by atoms with van der Waals surface area (Å²) in [5.41, 5.74) is 6.30. The minimum atomic E-state index is 0.0975. The highest BCUT2D eigenvalue weighted by molar-refractivity contribution is 4.95. The van der Waals surface area contributed by atoms with Crippen molar-refractivity contribution in [3.8, 4) is 0 Å². The Kier molecular flexibility index (Phi) is 7.49. The molecule has 1 aliphatic rings. The third-order valence-electron chi connectivity index (χ3n) is 4.90. The maximum atomic E-state index is 6.20. The quantitative estimate of drug-likeness (QED) is 0.707. The van der Waals surface area contributed by atoms with Crippen LogP contribution in [0.4, 0.5) is 0 Å². The van der Waals surface area contributed by atoms with Crippen molar-refractivity contribution in [3.63, 3.8) is 0 Å². The van der Waals surface area contributed by atoms with Crippen molar-refractivity contribution in [2.24, 2.45) is 23.5 Å². The Morgan fingerprint density at radius 2 is 1.70 bits per heavy atom. The van der Waals surface area contributed by atoms with Gasteiger partial charge in [-0.1, -0.05) is 27.7 Å². The third-order valence-corrected chi connectivity index (χ3v) is 4.90. The summed E-state index contributed by atoms with van der Waals surface area (Å²) in [5, 5.41) is 0. The van der Waals surface area contributed by atoms with Crippen LogP contribution in [0, 0.1) is 17.8 Å². The lowest BCUT2D eigenvalue weighted by Gasteiger charge is -2.45. The monoisotopic (exact) mass is 284 g/mol.